The normalized spacial score (nSPS) is 9.40. The van der Waals surface area contributed by atoms with Crippen molar-refractivity contribution in [2.45, 2.75) is 6.92 Å². The second-order valence-corrected chi connectivity index (χ2v) is 2.90. The van der Waals surface area contributed by atoms with Crippen LogP contribution in [0, 0.1) is 10.1 Å². The minimum atomic E-state index is -0.572. The number of hydrogen-bond acceptors (Lipinski definition) is 4. The largest absolute Gasteiger partial charge is 0.428 e. The molecule has 0 heterocycles. The number of ether oxygens (including phenoxy) is 1. The maximum Gasteiger partial charge on any atom is 0.343 e. The van der Waals surface area contributed by atoms with E-state index in [4.69, 9.17) is 4.74 Å². The fourth-order valence-electron chi connectivity index (χ4n) is 0.936. The van der Waals surface area contributed by atoms with Crippen LogP contribution in [-0.2, 0) is 4.74 Å². The Kier molecular flexibility index (Phi) is 3.17. The number of nitro groups is 1. The van der Waals surface area contributed by atoms with E-state index in [0.717, 1.165) is 0 Å². The Morgan fingerprint density at radius 1 is 1.40 bits per heavy atom. The molecule has 0 saturated heterocycles. The van der Waals surface area contributed by atoms with Gasteiger partial charge in [-0.05, 0) is 19.1 Å². The van der Waals surface area contributed by atoms with Crippen molar-refractivity contribution in [1.29, 1.82) is 0 Å². The average molecular weight is 207 g/mol. The zero-order chi connectivity index (χ0) is 11.4. The molecule has 1 rings (SSSR count). The second-order valence-electron chi connectivity index (χ2n) is 2.90. The summed E-state index contributed by atoms with van der Waals surface area (Å²) < 4.78 is 4.73. The van der Waals surface area contributed by atoms with Gasteiger partial charge in [0.1, 0.15) is 0 Å². The van der Waals surface area contributed by atoms with E-state index in [2.05, 4.69) is 6.58 Å². The molecule has 0 radical (unpaired) electrons. The molecule has 0 spiro atoms. The minimum absolute atomic E-state index is 0.0677. The third kappa shape index (κ3) is 2.91. The predicted molar refractivity (Wildman–Crippen MR) is 53.3 cm³/mol. The van der Waals surface area contributed by atoms with Crippen LogP contribution < -0.4 is 0 Å². The summed E-state index contributed by atoms with van der Waals surface area (Å²) in [6.07, 6.45) is 0. The quantitative estimate of drug-likeness (QED) is 0.330. The van der Waals surface area contributed by atoms with E-state index < -0.39 is 10.9 Å². The van der Waals surface area contributed by atoms with Gasteiger partial charge in [0.15, 0.2) is 0 Å². The molecule has 0 aromatic heterocycles. The summed E-state index contributed by atoms with van der Waals surface area (Å²) in [6.45, 7) is 4.96. The molecule has 0 N–H and O–H groups in total. The lowest BCUT2D eigenvalue weighted by atomic mass is 10.2. The van der Waals surface area contributed by atoms with Crippen molar-refractivity contribution in [2.24, 2.45) is 0 Å². The number of non-ortho nitro benzene ring substituents is 1. The molecule has 0 aliphatic carbocycles. The number of allylic oxidation sites excluding steroid dienone is 1. The zero-order valence-corrected chi connectivity index (χ0v) is 8.10. The van der Waals surface area contributed by atoms with Gasteiger partial charge in [-0.25, -0.2) is 4.79 Å². The van der Waals surface area contributed by atoms with E-state index in [1.165, 1.54) is 24.3 Å². The smallest absolute Gasteiger partial charge is 0.343 e. The van der Waals surface area contributed by atoms with Gasteiger partial charge in [0.2, 0.25) is 0 Å². The molecule has 15 heavy (non-hydrogen) atoms. The molecule has 0 saturated carbocycles. The van der Waals surface area contributed by atoms with E-state index in [9.17, 15) is 14.9 Å². The van der Waals surface area contributed by atoms with Gasteiger partial charge >= 0.3 is 5.97 Å². The van der Waals surface area contributed by atoms with Crippen molar-refractivity contribution >= 4 is 11.7 Å². The molecule has 1 aromatic carbocycles. The van der Waals surface area contributed by atoms with Gasteiger partial charge in [0, 0.05) is 12.1 Å². The molecular formula is C10H9NO4. The Balaban J connectivity index is 2.84. The van der Waals surface area contributed by atoms with Crippen molar-refractivity contribution in [2.75, 3.05) is 0 Å². The molecule has 78 valence electrons. The number of nitro benzene ring substituents is 1. The summed E-state index contributed by atoms with van der Waals surface area (Å²) in [5.74, 6) is -0.296. The topological polar surface area (TPSA) is 69.4 Å². The Hall–Kier alpha value is -2.17. The van der Waals surface area contributed by atoms with Crippen LogP contribution in [0.25, 0.3) is 0 Å². The van der Waals surface area contributed by atoms with Crippen molar-refractivity contribution < 1.29 is 14.5 Å². The fraction of sp³-hybridized carbons (Fsp3) is 0.100. The van der Waals surface area contributed by atoms with Crippen LogP contribution in [0.3, 0.4) is 0 Å². The first-order valence-corrected chi connectivity index (χ1v) is 4.13. The number of rotatable bonds is 3. The lowest BCUT2D eigenvalue weighted by Gasteiger charge is -2.01. The highest BCUT2D eigenvalue weighted by molar-refractivity contribution is 5.90. The predicted octanol–water partition coefficient (Wildman–Crippen LogP) is 2.29. The van der Waals surface area contributed by atoms with Crippen LogP contribution >= 0.6 is 0 Å². The molecule has 5 heteroatoms. The van der Waals surface area contributed by atoms with E-state index in [-0.39, 0.29) is 17.0 Å². The molecule has 0 bridgehead atoms. The maximum atomic E-state index is 11.3. The Bertz CT molecular complexity index is 408. The van der Waals surface area contributed by atoms with E-state index >= 15 is 0 Å². The van der Waals surface area contributed by atoms with Crippen LogP contribution in [0.15, 0.2) is 36.6 Å². The third-order valence-corrected chi connectivity index (χ3v) is 1.58. The van der Waals surface area contributed by atoms with Gasteiger partial charge in [-0.2, -0.15) is 0 Å². The Morgan fingerprint density at radius 2 is 1.93 bits per heavy atom. The highest BCUT2D eigenvalue weighted by Gasteiger charge is 2.10. The molecule has 0 amide bonds. The third-order valence-electron chi connectivity index (χ3n) is 1.58. The highest BCUT2D eigenvalue weighted by atomic mass is 16.6. The monoisotopic (exact) mass is 207 g/mol. The molecule has 0 aliphatic heterocycles. The van der Waals surface area contributed by atoms with Crippen molar-refractivity contribution in [3.63, 3.8) is 0 Å². The molecule has 0 atom stereocenters. The Morgan fingerprint density at radius 3 is 2.33 bits per heavy atom. The molecule has 5 nitrogen and oxygen atoms in total. The highest BCUT2D eigenvalue weighted by Crippen LogP contribution is 2.13. The van der Waals surface area contributed by atoms with Crippen molar-refractivity contribution in [1.82, 2.24) is 0 Å². The first kappa shape index (κ1) is 10.9. The number of carbonyl (C=O) groups excluding carboxylic acids is 1. The van der Waals surface area contributed by atoms with Gasteiger partial charge in [-0.15, -0.1) is 0 Å². The van der Waals surface area contributed by atoms with E-state index in [1.54, 1.807) is 6.92 Å². The number of benzene rings is 1. The summed E-state index contributed by atoms with van der Waals surface area (Å²) in [7, 11) is 0. The first-order valence-electron chi connectivity index (χ1n) is 4.13. The van der Waals surface area contributed by atoms with Crippen LogP contribution in [0.2, 0.25) is 0 Å². The summed E-state index contributed by atoms with van der Waals surface area (Å²) in [4.78, 5) is 21.1. The first-order chi connectivity index (χ1) is 7.00. The molecule has 0 unspecified atom stereocenters. The van der Waals surface area contributed by atoms with Crippen molar-refractivity contribution in [3.8, 4) is 0 Å². The van der Waals surface area contributed by atoms with Gasteiger partial charge in [-0.1, -0.05) is 6.58 Å². The second kappa shape index (κ2) is 4.36. The number of esters is 1. The Labute approximate surface area is 86.1 Å². The van der Waals surface area contributed by atoms with Crippen LogP contribution in [0.5, 0.6) is 0 Å². The van der Waals surface area contributed by atoms with Gasteiger partial charge in [-0.3, -0.25) is 10.1 Å². The number of nitrogens with zero attached hydrogens (tertiary/aromatic N) is 1. The molecular weight excluding hydrogens is 198 g/mol. The van der Waals surface area contributed by atoms with E-state index in [1.807, 2.05) is 0 Å². The summed E-state index contributed by atoms with van der Waals surface area (Å²) in [6, 6.07) is 5.16. The van der Waals surface area contributed by atoms with Gasteiger partial charge in [0.25, 0.3) is 5.69 Å². The SMILES string of the molecule is C=C(C)OC(=O)c1ccc([N+](=O)[O-])cc1. The standard InChI is InChI=1S/C10H9NO4/c1-7(2)15-10(12)8-3-5-9(6-4-8)11(13)14/h3-6H,1H2,2H3. The summed E-state index contributed by atoms with van der Waals surface area (Å²) in [5.41, 5.74) is 0.186. The maximum absolute atomic E-state index is 11.3. The van der Waals surface area contributed by atoms with Crippen LogP contribution in [0.1, 0.15) is 17.3 Å². The zero-order valence-electron chi connectivity index (χ0n) is 8.10. The van der Waals surface area contributed by atoms with Crippen LogP contribution in [0.4, 0.5) is 5.69 Å². The van der Waals surface area contributed by atoms with Crippen LogP contribution in [-0.4, -0.2) is 10.9 Å². The number of carbonyl (C=O) groups is 1. The van der Waals surface area contributed by atoms with Gasteiger partial charge < -0.3 is 4.74 Å². The average Bonchev–Trinajstić information content (AvgIpc) is 2.17. The minimum Gasteiger partial charge on any atom is -0.428 e. The summed E-state index contributed by atoms with van der Waals surface area (Å²) in [5, 5.41) is 10.3. The lowest BCUT2D eigenvalue weighted by molar-refractivity contribution is -0.384. The fourth-order valence-corrected chi connectivity index (χ4v) is 0.936. The summed E-state index contributed by atoms with van der Waals surface area (Å²) >= 11 is 0. The van der Waals surface area contributed by atoms with Crippen molar-refractivity contribution in [3.05, 3.63) is 52.3 Å². The molecule has 0 aliphatic rings. The number of hydrogen-bond donors (Lipinski definition) is 0. The van der Waals surface area contributed by atoms with Gasteiger partial charge in [0.05, 0.1) is 16.2 Å². The molecule has 0 fully saturated rings. The van der Waals surface area contributed by atoms with E-state index in [0.29, 0.717) is 0 Å². The molecule has 1 aromatic rings. The lowest BCUT2D eigenvalue weighted by Crippen LogP contribution is -2.02.